The molecule has 0 radical (unpaired) electrons. The largest absolute Gasteiger partial charge is 0.399 e. The number of carbonyl (C=O) groups is 2. The van der Waals surface area contributed by atoms with Crippen LogP contribution >= 0.6 is 0 Å². The zero-order valence-electron chi connectivity index (χ0n) is 9.22. The number of nitrogen functional groups attached to an aromatic ring is 1. The molecule has 1 unspecified atom stereocenters. The number of hydrogen-bond acceptors (Lipinski definition) is 4. The Morgan fingerprint density at radius 3 is 2.25 bits per heavy atom. The normalized spacial score (nSPS) is 10.9. The molecule has 0 saturated heterocycles. The van der Waals surface area contributed by atoms with E-state index in [2.05, 4.69) is 0 Å². The lowest BCUT2D eigenvalue weighted by Gasteiger charge is -1.98. The van der Waals surface area contributed by atoms with Crippen LogP contribution in [0.1, 0.15) is 12.0 Å². The first-order valence-electron chi connectivity index (χ1n) is 4.78. The van der Waals surface area contributed by atoms with E-state index in [1.165, 1.54) is 0 Å². The summed E-state index contributed by atoms with van der Waals surface area (Å²) in [6.45, 7) is 2.00. The summed E-state index contributed by atoms with van der Waals surface area (Å²) in [5.74, 6) is -0.642. The third-order valence-electron chi connectivity index (χ3n) is 1.90. The second-order valence-electron chi connectivity index (χ2n) is 3.27. The van der Waals surface area contributed by atoms with Crippen LogP contribution in [0.4, 0.5) is 5.69 Å². The van der Waals surface area contributed by atoms with Crippen molar-refractivity contribution < 1.29 is 9.59 Å². The Balaban J connectivity index is 0.000000281. The van der Waals surface area contributed by atoms with Crippen LogP contribution in [0.25, 0.3) is 0 Å². The van der Waals surface area contributed by atoms with Gasteiger partial charge >= 0.3 is 0 Å². The molecule has 0 aliphatic carbocycles. The highest BCUT2D eigenvalue weighted by atomic mass is 16.1. The first kappa shape index (κ1) is 14.1. The molecule has 1 rings (SSSR count). The zero-order valence-corrected chi connectivity index (χ0v) is 9.22. The molecule has 0 aliphatic rings. The fourth-order valence-corrected chi connectivity index (χ4v) is 0.807. The molecular weight excluding hydrogens is 206 g/mol. The number of anilines is 1. The van der Waals surface area contributed by atoms with Crippen LogP contribution in [0, 0.1) is 6.92 Å². The second-order valence-corrected chi connectivity index (χ2v) is 3.27. The summed E-state index contributed by atoms with van der Waals surface area (Å²) < 4.78 is 0. The number of amides is 1. The molecular formula is C11H17N3O2. The van der Waals surface area contributed by atoms with Crippen molar-refractivity contribution in [2.24, 2.45) is 11.5 Å². The maximum atomic E-state index is 10.0. The van der Waals surface area contributed by atoms with E-state index in [1.807, 2.05) is 31.2 Å². The van der Waals surface area contributed by atoms with Crippen molar-refractivity contribution >= 4 is 17.9 Å². The number of rotatable bonds is 3. The van der Waals surface area contributed by atoms with Gasteiger partial charge in [-0.05, 0) is 18.6 Å². The fraction of sp³-hybridized carbons (Fsp3) is 0.273. The number of para-hydroxylation sites is 1. The van der Waals surface area contributed by atoms with Gasteiger partial charge in [0, 0.05) is 12.1 Å². The summed E-state index contributed by atoms with van der Waals surface area (Å²) in [6, 6.07) is 6.99. The summed E-state index contributed by atoms with van der Waals surface area (Å²) in [4.78, 5) is 19.7. The summed E-state index contributed by atoms with van der Waals surface area (Å²) in [7, 11) is 0. The molecule has 0 spiro atoms. The van der Waals surface area contributed by atoms with E-state index in [1.54, 1.807) is 0 Å². The number of primary amides is 1. The van der Waals surface area contributed by atoms with Gasteiger partial charge in [-0.15, -0.1) is 0 Å². The van der Waals surface area contributed by atoms with Crippen molar-refractivity contribution in [3.8, 4) is 0 Å². The van der Waals surface area contributed by atoms with E-state index in [-0.39, 0.29) is 6.42 Å². The van der Waals surface area contributed by atoms with E-state index in [0.717, 1.165) is 11.3 Å². The van der Waals surface area contributed by atoms with E-state index in [4.69, 9.17) is 17.2 Å². The van der Waals surface area contributed by atoms with E-state index in [0.29, 0.717) is 6.29 Å². The molecule has 88 valence electrons. The summed E-state index contributed by atoms with van der Waals surface area (Å²) >= 11 is 0. The minimum absolute atomic E-state index is 0.00926. The molecule has 1 aromatic carbocycles. The Hall–Kier alpha value is -1.88. The van der Waals surface area contributed by atoms with E-state index in [9.17, 15) is 9.59 Å². The van der Waals surface area contributed by atoms with Crippen molar-refractivity contribution in [3.05, 3.63) is 29.8 Å². The predicted octanol–water partition coefficient (Wildman–Crippen LogP) is -0.0348. The molecule has 0 heterocycles. The number of hydrogen-bond donors (Lipinski definition) is 3. The van der Waals surface area contributed by atoms with Gasteiger partial charge in [0.2, 0.25) is 5.91 Å². The van der Waals surface area contributed by atoms with E-state index >= 15 is 0 Å². The highest BCUT2D eigenvalue weighted by Gasteiger charge is 2.05. The Labute approximate surface area is 94.6 Å². The van der Waals surface area contributed by atoms with Gasteiger partial charge in [-0.3, -0.25) is 4.79 Å². The average molecular weight is 223 g/mol. The van der Waals surface area contributed by atoms with Crippen LogP contribution in [0.15, 0.2) is 24.3 Å². The molecule has 6 N–H and O–H groups in total. The van der Waals surface area contributed by atoms with Gasteiger partial charge < -0.3 is 22.0 Å². The molecule has 5 heteroatoms. The van der Waals surface area contributed by atoms with E-state index < -0.39 is 11.9 Å². The van der Waals surface area contributed by atoms with Crippen molar-refractivity contribution in [1.29, 1.82) is 0 Å². The molecule has 0 aromatic heterocycles. The number of nitrogens with two attached hydrogens (primary N) is 3. The van der Waals surface area contributed by atoms with Gasteiger partial charge in [0.25, 0.3) is 0 Å². The third kappa shape index (κ3) is 5.77. The van der Waals surface area contributed by atoms with Crippen molar-refractivity contribution in [2.45, 2.75) is 19.4 Å². The molecule has 1 amide bonds. The van der Waals surface area contributed by atoms with Gasteiger partial charge in [-0.2, -0.15) is 0 Å². The van der Waals surface area contributed by atoms with Crippen molar-refractivity contribution in [3.63, 3.8) is 0 Å². The standard InChI is InChI=1S/C7H9N.C4H8N2O2/c1-6-4-2-3-5-7(6)8;5-3(1-2-7)4(6)8/h2-5H,8H2,1H3;2-3H,1,5H2,(H2,6,8). The summed E-state index contributed by atoms with van der Waals surface area (Å²) in [5, 5.41) is 0. The maximum Gasteiger partial charge on any atom is 0.234 e. The van der Waals surface area contributed by atoms with Gasteiger partial charge in [0.1, 0.15) is 6.29 Å². The Morgan fingerprint density at radius 2 is 2.00 bits per heavy atom. The predicted molar refractivity (Wildman–Crippen MR) is 63.4 cm³/mol. The molecule has 5 nitrogen and oxygen atoms in total. The SMILES string of the molecule is Cc1ccccc1N.NC(=O)C(N)CC=O. The Kier molecular flexibility index (Phi) is 6.55. The Morgan fingerprint density at radius 1 is 1.44 bits per heavy atom. The van der Waals surface area contributed by atoms with Gasteiger partial charge in [0.05, 0.1) is 6.04 Å². The highest BCUT2D eigenvalue weighted by Crippen LogP contribution is 2.06. The van der Waals surface area contributed by atoms with Crippen LogP contribution < -0.4 is 17.2 Å². The van der Waals surface area contributed by atoms with Crippen LogP contribution in [-0.2, 0) is 9.59 Å². The van der Waals surface area contributed by atoms with Crippen LogP contribution in [0.3, 0.4) is 0 Å². The minimum atomic E-state index is -0.813. The quantitative estimate of drug-likeness (QED) is 0.493. The number of carbonyl (C=O) groups excluding carboxylic acids is 2. The lowest BCUT2D eigenvalue weighted by Crippen LogP contribution is -2.36. The first-order chi connectivity index (χ1) is 7.49. The average Bonchev–Trinajstić information content (AvgIpc) is 2.24. The van der Waals surface area contributed by atoms with Crippen LogP contribution in [-0.4, -0.2) is 18.2 Å². The molecule has 16 heavy (non-hydrogen) atoms. The Bertz CT molecular complexity index is 332. The highest BCUT2D eigenvalue weighted by molar-refractivity contribution is 5.82. The van der Waals surface area contributed by atoms with Gasteiger partial charge in [0.15, 0.2) is 0 Å². The smallest absolute Gasteiger partial charge is 0.234 e. The van der Waals surface area contributed by atoms with Crippen molar-refractivity contribution in [2.75, 3.05) is 5.73 Å². The molecule has 0 fully saturated rings. The zero-order chi connectivity index (χ0) is 12.6. The van der Waals surface area contributed by atoms with Crippen molar-refractivity contribution in [1.82, 2.24) is 0 Å². The van der Waals surface area contributed by atoms with Crippen LogP contribution in [0.2, 0.25) is 0 Å². The topological polar surface area (TPSA) is 112 Å². The van der Waals surface area contributed by atoms with Crippen LogP contribution in [0.5, 0.6) is 0 Å². The fourth-order valence-electron chi connectivity index (χ4n) is 0.807. The van der Waals surface area contributed by atoms with Gasteiger partial charge in [-0.1, -0.05) is 18.2 Å². The second kappa shape index (κ2) is 7.42. The first-order valence-corrected chi connectivity index (χ1v) is 4.78. The molecule has 0 bridgehead atoms. The molecule has 0 aliphatic heterocycles. The monoisotopic (exact) mass is 223 g/mol. The minimum Gasteiger partial charge on any atom is -0.399 e. The molecule has 1 atom stereocenters. The summed E-state index contributed by atoms with van der Waals surface area (Å²) in [6.07, 6.45) is 0.574. The number of benzene rings is 1. The third-order valence-corrected chi connectivity index (χ3v) is 1.90. The maximum absolute atomic E-state index is 10.0. The number of aldehydes is 1. The lowest BCUT2D eigenvalue weighted by atomic mass is 10.2. The number of aryl methyl sites for hydroxylation is 1. The lowest BCUT2D eigenvalue weighted by molar-refractivity contribution is -0.121. The van der Waals surface area contributed by atoms with Gasteiger partial charge in [-0.25, -0.2) is 0 Å². The molecule has 0 saturated carbocycles. The molecule has 1 aromatic rings. The summed E-state index contributed by atoms with van der Waals surface area (Å²) in [5.41, 5.74) is 17.3.